The Hall–Kier alpha value is -1.10. The molecular weight excluding hydrogens is 266 g/mol. The van der Waals surface area contributed by atoms with Crippen LogP contribution in [0.2, 0.25) is 0 Å². The molecule has 0 radical (unpaired) electrons. The van der Waals surface area contributed by atoms with Gasteiger partial charge in [-0.15, -0.1) is 0 Å². The van der Waals surface area contributed by atoms with Gasteiger partial charge < -0.3 is 15.1 Å². The van der Waals surface area contributed by atoms with Gasteiger partial charge in [-0.05, 0) is 46.2 Å². The molecule has 118 valence electrons. The van der Waals surface area contributed by atoms with E-state index in [9.17, 15) is 9.59 Å². The Bertz CT molecular complexity index is 431. The molecule has 2 aliphatic heterocycles. The molecule has 0 bridgehead atoms. The number of hydrogen-bond donors (Lipinski definition) is 1. The zero-order valence-corrected chi connectivity index (χ0v) is 13.2. The summed E-state index contributed by atoms with van der Waals surface area (Å²) in [5, 5.41) is 3.03. The summed E-state index contributed by atoms with van der Waals surface area (Å²) in [7, 11) is 2.13. The second kappa shape index (κ2) is 5.59. The third-order valence-corrected chi connectivity index (χ3v) is 5.67. The molecular formula is C16H27N3O2. The van der Waals surface area contributed by atoms with Crippen LogP contribution in [0.1, 0.15) is 51.9 Å². The summed E-state index contributed by atoms with van der Waals surface area (Å²) in [4.78, 5) is 29.5. The van der Waals surface area contributed by atoms with Gasteiger partial charge in [-0.3, -0.25) is 9.59 Å². The molecule has 0 aromatic heterocycles. The van der Waals surface area contributed by atoms with E-state index in [1.807, 2.05) is 11.8 Å². The summed E-state index contributed by atoms with van der Waals surface area (Å²) in [5.41, 5.74) is -0.586. The normalized spacial score (nSPS) is 33.5. The van der Waals surface area contributed by atoms with E-state index in [4.69, 9.17) is 0 Å². The molecule has 1 saturated carbocycles. The average Bonchev–Trinajstić information content (AvgIpc) is 2.93. The first-order valence-corrected chi connectivity index (χ1v) is 8.37. The number of amides is 2. The molecule has 5 nitrogen and oxygen atoms in total. The topological polar surface area (TPSA) is 52.7 Å². The van der Waals surface area contributed by atoms with E-state index in [1.54, 1.807) is 0 Å². The second-order valence-electron chi connectivity index (χ2n) is 7.04. The Morgan fingerprint density at radius 2 is 1.90 bits per heavy atom. The predicted molar refractivity (Wildman–Crippen MR) is 80.8 cm³/mol. The van der Waals surface area contributed by atoms with E-state index in [0.29, 0.717) is 12.6 Å². The van der Waals surface area contributed by atoms with Gasteiger partial charge in [0.1, 0.15) is 11.6 Å². The van der Waals surface area contributed by atoms with Crippen LogP contribution in [0, 0.1) is 0 Å². The van der Waals surface area contributed by atoms with E-state index >= 15 is 0 Å². The smallest absolute Gasteiger partial charge is 0.249 e. The van der Waals surface area contributed by atoms with Crippen LogP contribution in [-0.2, 0) is 9.59 Å². The van der Waals surface area contributed by atoms with Crippen molar-refractivity contribution in [2.24, 2.45) is 0 Å². The number of likely N-dealkylation sites (N-methyl/N-ethyl adjacent to an activating group) is 1. The van der Waals surface area contributed by atoms with Crippen LogP contribution >= 0.6 is 0 Å². The Kier molecular flexibility index (Phi) is 3.95. The first-order chi connectivity index (χ1) is 10.0. The van der Waals surface area contributed by atoms with Crippen LogP contribution in [0.5, 0.6) is 0 Å². The molecule has 2 heterocycles. The van der Waals surface area contributed by atoms with Crippen LogP contribution < -0.4 is 5.32 Å². The fourth-order valence-electron chi connectivity index (χ4n) is 4.15. The van der Waals surface area contributed by atoms with E-state index in [0.717, 1.165) is 38.6 Å². The monoisotopic (exact) mass is 293 g/mol. The maximum absolute atomic E-state index is 13.0. The van der Waals surface area contributed by atoms with Gasteiger partial charge in [0.25, 0.3) is 0 Å². The van der Waals surface area contributed by atoms with Crippen molar-refractivity contribution in [1.29, 1.82) is 0 Å². The molecule has 5 heteroatoms. The zero-order chi connectivity index (χ0) is 15.0. The highest BCUT2D eigenvalue weighted by molar-refractivity contribution is 5.99. The number of likely N-dealkylation sites (tertiary alicyclic amines) is 1. The molecule has 0 aromatic rings. The molecule has 1 spiro atoms. The number of hydrogen-bond acceptors (Lipinski definition) is 3. The highest BCUT2D eigenvalue weighted by atomic mass is 16.2. The quantitative estimate of drug-likeness (QED) is 0.830. The van der Waals surface area contributed by atoms with Gasteiger partial charge in [0.2, 0.25) is 11.8 Å². The van der Waals surface area contributed by atoms with Crippen molar-refractivity contribution in [1.82, 2.24) is 15.1 Å². The lowest BCUT2D eigenvalue weighted by Gasteiger charge is -2.46. The average molecular weight is 293 g/mol. The van der Waals surface area contributed by atoms with Crippen molar-refractivity contribution >= 4 is 11.8 Å². The fourth-order valence-corrected chi connectivity index (χ4v) is 4.15. The summed E-state index contributed by atoms with van der Waals surface area (Å²) in [6.07, 6.45) is 7.28. The Morgan fingerprint density at radius 1 is 1.19 bits per heavy atom. The van der Waals surface area contributed by atoms with E-state index in [2.05, 4.69) is 17.3 Å². The molecule has 0 aromatic carbocycles. The fraction of sp³-hybridized carbons (Fsp3) is 0.875. The Balaban J connectivity index is 1.77. The largest absolute Gasteiger partial charge is 0.340 e. The number of piperidine rings is 1. The number of rotatable bonds is 2. The molecule has 2 unspecified atom stereocenters. The molecule has 3 aliphatic rings. The van der Waals surface area contributed by atoms with Crippen LogP contribution in [0.3, 0.4) is 0 Å². The highest BCUT2D eigenvalue weighted by Gasteiger charge is 2.51. The van der Waals surface area contributed by atoms with Crippen LogP contribution in [0.15, 0.2) is 0 Å². The maximum atomic E-state index is 13.0. The van der Waals surface area contributed by atoms with E-state index in [1.165, 1.54) is 12.8 Å². The van der Waals surface area contributed by atoms with E-state index in [-0.39, 0.29) is 17.9 Å². The predicted octanol–water partition coefficient (Wildman–Crippen LogP) is 1.13. The highest BCUT2D eigenvalue weighted by Crippen LogP contribution is 2.35. The maximum Gasteiger partial charge on any atom is 0.249 e. The molecule has 21 heavy (non-hydrogen) atoms. The molecule has 1 aliphatic carbocycles. The summed E-state index contributed by atoms with van der Waals surface area (Å²) >= 11 is 0. The van der Waals surface area contributed by atoms with Crippen molar-refractivity contribution in [2.45, 2.75) is 69.5 Å². The second-order valence-corrected chi connectivity index (χ2v) is 7.04. The Labute approximate surface area is 127 Å². The number of nitrogens with one attached hydrogen (secondary N) is 1. The minimum atomic E-state index is -0.586. The van der Waals surface area contributed by atoms with Gasteiger partial charge in [0.15, 0.2) is 0 Å². The first-order valence-electron chi connectivity index (χ1n) is 8.37. The molecule has 3 fully saturated rings. The third kappa shape index (κ3) is 2.56. The third-order valence-electron chi connectivity index (χ3n) is 5.67. The van der Waals surface area contributed by atoms with E-state index < -0.39 is 5.54 Å². The van der Waals surface area contributed by atoms with Crippen LogP contribution in [0.25, 0.3) is 0 Å². The van der Waals surface area contributed by atoms with Crippen LogP contribution in [0.4, 0.5) is 0 Å². The lowest BCUT2D eigenvalue weighted by atomic mass is 9.90. The van der Waals surface area contributed by atoms with Gasteiger partial charge >= 0.3 is 0 Å². The Morgan fingerprint density at radius 3 is 2.57 bits per heavy atom. The van der Waals surface area contributed by atoms with Crippen molar-refractivity contribution in [3.8, 4) is 0 Å². The molecule has 2 atom stereocenters. The lowest BCUT2D eigenvalue weighted by Crippen LogP contribution is -2.70. The minimum absolute atomic E-state index is 0.0231. The van der Waals surface area contributed by atoms with Crippen molar-refractivity contribution < 1.29 is 9.59 Å². The number of piperazine rings is 1. The van der Waals surface area contributed by atoms with Gasteiger partial charge in [-0.1, -0.05) is 19.3 Å². The number of nitrogens with zero attached hydrogens (tertiary/aromatic N) is 2. The number of carbonyl (C=O) groups excluding carboxylic acids is 2. The first kappa shape index (κ1) is 14.8. The molecule has 3 rings (SSSR count). The molecule has 2 amide bonds. The number of carbonyl (C=O) groups is 2. The SMILES string of the molecule is CC1C(=O)NC2(CCCC2)C(=O)N1CC1CCCCN1C. The van der Waals surface area contributed by atoms with Crippen molar-refractivity contribution in [2.75, 3.05) is 20.1 Å². The summed E-state index contributed by atoms with van der Waals surface area (Å²) in [6, 6.07) is 0.0635. The standard InChI is InChI=1S/C16H27N3O2/c1-12-14(20)17-16(8-4-5-9-16)15(21)19(12)11-13-7-3-6-10-18(13)2/h12-13H,3-11H2,1-2H3,(H,17,20). The minimum Gasteiger partial charge on any atom is -0.340 e. The van der Waals surface area contributed by atoms with Gasteiger partial charge in [-0.25, -0.2) is 0 Å². The van der Waals surface area contributed by atoms with Gasteiger partial charge in [0, 0.05) is 12.6 Å². The summed E-state index contributed by atoms with van der Waals surface area (Å²) < 4.78 is 0. The van der Waals surface area contributed by atoms with Crippen molar-refractivity contribution in [3.05, 3.63) is 0 Å². The lowest BCUT2D eigenvalue weighted by molar-refractivity contribution is -0.155. The van der Waals surface area contributed by atoms with Gasteiger partial charge in [0.05, 0.1) is 0 Å². The summed E-state index contributed by atoms with van der Waals surface area (Å²) in [5.74, 6) is 0.182. The zero-order valence-electron chi connectivity index (χ0n) is 13.2. The molecule has 2 saturated heterocycles. The van der Waals surface area contributed by atoms with Gasteiger partial charge in [-0.2, -0.15) is 0 Å². The van der Waals surface area contributed by atoms with Crippen molar-refractivity contribution in [3.63, 3.8) is 0 Å². The molecule has 1 N–H and O–H groups in total. The summed E-state index contributed by atoms with van der Waals surface area (Å²) in [6.45, 7) is 3.65. The van der Waals surface area contributed by atoms with Crippen LogP contribution in [-0.4, -0.2) is 59.4 Å².